The Morgan fingerprint density at radius 2 is 1.96 bits per heavy atom. The predicted molar refractivity (Wildman–Crippen MR) is 94.9 cm³/mol. The maximum absolute atomic E-state index is 12.6. The third-order valence-electron chi connectivity index (χ3n) is 5.01. The van der Waals surface area contributed by atoms with Gasteiger partial charge in [0.15, 0.2) is 6.61 Å². The molecule has 0 bridgehead atoms. The molecule has 1 heterocycles. The van der Waals surface area contributed by atoms with Gasteiger partial charge in [0.1, 0.15) is 5.54 Å². The number of hydrazine groups is 1. The molecular formula is C19H23N3O5. The van der Waals surface area contributed by atoms with Crippen molar-refractivity contribution in [1.82, 2.24) is 15.8 Å². The summed E-state index contributed by atoms with van der Waals surface area (Å²) in [6.07, 6.45) is 1.75. The molecule has 0 aromatic heterocycles. The molecule has 1 aliphatic heterocycles. The molecule has 4 amide bonds. The normalized spacial score (nSPS) is 26.5. The quantitative estimate of drug-likeness (QED) is 0.551. The van der Waals surface area contributed by atoms with E-state index in [0.717, 1.165) is 12.0 Å². The lowest BCUT2D eigenvalue weighted by Gasteiger charge is -2.21. The molecular weight excluding hydrogens is 350 g/mol. The average Bonchev–Trinajstić information content (AvgIpc) is 3.34. The SMILES string of the molecule is C[C@@H]1C[C@@H]1C(=O)OCC(=O)NN1C(=O)N[C@](C)(CCc2ccccc2)C1=O. The van der Waals surface area contributed by atoms with E-state index in [4.69, 9.17) is 4.74 Å². The zero-order valence-electron chi connectivity index (χ0n) is 15.4. The van der Waals surface area contributed by atoms with Crippen LogP contribution in [0.1, 0.15) is 32.3 Å². The number of hydrogen-bond donors (Lipinski definition) is 2. The van der Waals surface area contributed by atoms with Gasteiger partial charge >= 0.3 is 12.0 Å². The van der Waals surface area contributed by atoms with Gasteiger partial charge in [-0.25, -0.2) is 4.79 Å². The number of carbonyl (C=O) groups excluding carboxylic acids is 4. The number of esters is 1. The van der Waals surface area contributed by atoms with Crippen LogP contribution < -0.4 is 10.7 Å². The number of rotatable bonds is 7. The fraction of sp³-hybridized carbons (Fsp3) is 0.474. The summed E-state index contributed by atoms with van der Waals surface area (Å²) < 4.78 is 4.92. The first kappa shape index (κ1) is 18.9. The maximum atomic E-state index is 12.6. The number of carbonyl (C=O) groups is 4. The summed E-state index contributed by atoms with van der Waals surface area (Å²) in [5.41, 5.74) is 2.15. The van der Waals surface area contributed by atoms with E-state index in [0.29, 0.717) is 17.9 Å². The number of aryl methyl sites for hydroxylation is 1. The molecule has 1 aromatic carbocycles. The summed E-state index contributed by atoms with van der Waals surface area (Å²) in [6, 6.07) is 8.90. The van der Waals surface area contributed by atoms with Crippen LogP contribution in [0.3, 0.4) is 0 Å². The van der Waals surface area contributed by atoms with Crippen molar-refractivity contribution < 1.29 is 23.9 Å². The van der Waals surface area contributed by atoms with Crippen molar-refractivity contribution in [2.24, 2.45) is 11.8 Å². The molecule has 1 aliphatic carbocycles. The molecule has 27 heavy (non-hydrogen) atoms. The molecule has 3 atom stereocenters. The first-order valence-electron chi connectivity index (χ1n) is 8.97. The summed E-state index contributed by atoms with van der Waals surface area (Å²) in [4.78, 5) is 48.3. The van der Waals surface area contributed by atoms with Gasteiger partial charge in [-0.05, 0) is 37.7 Å². The summed E-state index contributed by atoms with van der Waals surface area (Å²) in [5, 5.41) is 3.27. The van der Waals surface area contributed by atoms with E-state index in [1.54, 1.807) is 6.92 Å². The van der Waals surface area contributed by atoms with E-state index < -0.39 is 36.0 Å². The standard InChI is InChI=1S/C19H23N3O5/c1-12-10-14(12)16(24)27-11-15(23)21-22-17(25)19(2,20-18(22)26)9-8-13-6-4-3-5-7-13/h3-7,12,14H,8-11H2,1-2H3,(H,20,26)(H,21,23)/t12-,14+,19-/m1/s1. The highest BCUT2D eigenvalue weighted by Crippen LogP contribution is 2.38. The second kappa shape index (κ2) is 7.38. The Balaban J connectivity index is 1.52. The predicted octanol–water partition coefficient (Wildman–Crippen LogP) is 1.16. The van der Waals surface area contributed by atoms with Crippen LogP contribution in [0.25, 0.3) is 0 Å². The smallest absolute Gasteiger partial charge is 0.344 e. The molecule has 144 valence electrons. The monoisotopic (exact) mass is 373 g/mol. The van der Waals surface area contributed by atoms with Crippen molar-refractivity contribution in [2.75, 3.05) is 6.61 Å². The highest BCUT2D eigenvalue weighted by Gasteiger charge is 2.48. The second-order valence-electron chi connectivity index (χ2n) is 7.35. The Hall–Kier alpha value is -2.90. The Kier molecular flexibility index (Phi) is 5.16. The molecule has 2 N–H and O–H groups in total. The van der Waals surface area contributed by atoms with Gasteiger partial charge in [0, 0.05) is 0 Å². The lowest BCUT2D eigenvalue weighted by Crippen LogP contribution is -2.50. The summed E-state index contributed by atoms with van der Waals surface area (Å²) in [7, 11) is 0. The van der Waals surface area contributed by atoms with Crippen molar-refractivity contribution in [2.45, 2.75) is 38.6 Å². The minimum atomic E-state index is -1.11. The van der Waals surface area contributed by atoms with Gasteiger partial charge in [-0.2, -0.15) is 5.01 Å². The minimum Gasteiger partial charge on any atom is -0.455 e. The molecule has 0 unspecified atom stereocenters. The third kappa shape index (κ3) is 4.27. The van der Waals surface area contributed by atoms with Gasteiger partial charge in [0.25, 0.3) is 11.8 Å². The zero-order chi connectivity index (χ0) is 19.6. The molecule has 0 radical (unpaired) electrons. The van der Waals surface area contributed by atoms with Crippen molar-refractivity contribution >= 4 is 23.8 Å². The first-order chi connectivity index (χ1) is 12.8. The largest absolute Gasteiger partial charge is 0.455 e. The van der Waals surface area contributed by atoms with E-state index >= 15 is 0 Å². The number of nitrogens with zero attached hydrogens (tertiary/aromatic N) is 1. The van der Waals surface area contributed by atoms with Crippen LogP contribution in [0.4, 0.5) is 4.79 Å². The number of imide groups is 1. The average molecular weight is 373 g/mol. The number of ether oxygens (including phenoxy) is 1. The molecule has 8 heteroatoms. The molecule has 3 rings (SSSR count). The fourth-order valence-electron chi connectivity index (χ4n) is 3.05. The highest BCUT2D eigenvalue weighted by atomic mass is 16.5. The van der Waals surface area contributed by atoms with Gasteiger partial charge < -0.3 is 10.1 Å². The highest BCUT2D eigenvalue weighted by molar-refractivity contribution is 6.07. The van der Waals surface area contributed by atoms with Gasteiger partial charge in [-0.3, -0.25) is 19.8 Å². The first-order valence-corrected chi connectivity index (χ1v) is 8.97. The van der Waals surface area contributed by atoms with E-state index in [1.165, 1.54) is 0 Å². The van der Waals surface area contributed by atoms with Gasteiger partial charge in [0.05, 0.1) is 5.92 Å². The van der Waals surface area contributed by atoms with E-state index in [1.807, 2.05) is 37.3 Å². The number of nitrogens with one attached hydrogen (secondary N) is 2. The number of amides is 4. The number of benzene rings is 1. The van der Waals surface area contributed by atoms with Crippen molar-refractivity contribution in [1.29, 1.82) is 0 Å². The Bertz CT molecular complexity index is 766. The fourth-order valence-corrected chi connectivity index (χ4v) is 3.05. The Morgan fingerprint density at radius 3 is 2.59 bits per heavy atom. The van der Waals surface area contributed by atoms with E-state index in [-0.39, 0.29) is 11.8 Å². The van der Waals surface area contributed by atoms with Crippen LogP contribution in [0, 0.1) is 11.8 Å². The zero-order valence-corrected chi connectivity index (χ0v) is 15.4. The Labute approximate surface area is 157 Å². The molecule has 2 aliphatic rings. The van der Waals surface area contributed by atoms with E-state index in [2.05, 4.69) is 10.7 Å². The van der Waals surface area contributed by atoms with Crippen molar-refractivity contribution in [3.05, 3.63) is 35.9 Å². The molecule has 2 fully saturated rings. The van der Waals surface area contributed by atoms with Crippen LogP contribution in [0.15, 0.2) is 30.3 Å². The summed E-state index contributed by atoms with van der Waals surface area (Å²) >= 11 is 0. The lowest BCUT2D eigenvalue weighted by atomic mass is 9.93. The number of urea groups is 1. The van der Waals surface area contributed by atoms with Crippen molar-refractivity contribution in [3.63, 3.8) is 0 Å². The molecule has 0 spiro atoms. The van der Waals surface area contributed by atoms with Gasteiger partial charge in [-0.15, -0.1) is 0 Å². The van der Waals surface area contributed by atoms with Crippen molar-refractivity contribution in [3.8, 4) is 0 Å². The second-order valence-corrected chi connectivity index (χ2v) is 7.35. The summed E-state index contributed by atoms with van der Waals surface area (Å²) in [5.74, 6) is -1.58. The van der Waals surface area contributed by atoms with Gasteiger partial charge in [0.2, 0.25) is 0 Å². The topological polar surface area (TPSA) is 105 Å². The Morgan fingerprint density at radius 1 is 1.30 bits per heavy atom. The summed E-state index contributed by atoms with van der Waals surface area (Å²) in [6.45, 7) is 3.02. The molecule has 1 saturated carbocycles. The molecule has 1 aromatic rings. The third-order valence-corrected chi connectivity index (χ3v) is 5.01. The van der Waals surface area contributed by atoms with Crippen LogP contribution >= 0.6 is 0 Å². The van der Waals surface area contributed by atoms with E-state index in [9.17, 15) is 19.2 Å². The van der Waals surface area contributed by atoms with Crippen LogP contribution in [0.5, 0.6) is 0 Å². The molecule has 8 nitrogen and oxygen atoms in total. The molecule has 1 saturated heterocycles. The lowest BCUT2D eigenvalue weighted by molar-refractivity contribution is -0.152. The van der Waals surface area contributed by atoms with Crippen LogP contribution in [0.2, 0.25) is 0 Å². The van der Waals surface area contributed by atoms with Crippen LogP contribution in [-0.4, -0.2) is 41.0 Å². The minimum absolute atomic E-state index is 0.157. The maximum Gasteiger partial charge on any atom is 0.344 e. The number of hydrogen-bond acceptors (Lipinski definition) is 5. The van der Waals surface area contributed by atoms with Crippen LogP contribution in [-0.2, 0) is 25.5 Å². The van der Waals surface area contributed by atoms with Gasteiger partial charge in [-0.1, -0.05) is 37.3 Å².